The molecule has 2 aromatic rings. The van der Waals surface area contributed by atoms with Crippen LogP contribution in [0.15, 0.2) is 59.1 Å². The predicted octanol–water partition coefficient (Wildman–Crippen LogP) is 3.97. The Bertz CT molecular complexity index is 601. The van der Waals surface area contributed by atoms with Crippen LogP contribution in [0.4, 0.5) is 0 Å². The number of carboxylic acid groups (broad SMARTS) is 1. The van der Waals surface area contributed by atoms with Gasteiger partial charge in [0, 0.05) is 17.1 Å². The molecule has 0 fully saturated rings. The number of carbonyl (C=O) groups is 1. The lowest BCUT2D eigenvalue weighted by atomic mass is 9.98. The van der Waals surface area contributed by atoms with E-state index in [0.29, 0.717) is 6.54 Å². The van der Waals surface area contributed by atoms with Crippen LogP contribution >= 0.6 is 15.9 Å². The summed E-state index contributed by atoms with van der Waals surface area (Å²) < 4.78 is 1.02. The van der Waals surface area contributed by atoms with Crippen molar-refractivity contribution >= 4 is 21.9 Å². The molecule has 0 spiro atoms. The van der Waals surface area contributed by atoms with E-state index in [1.165, 1.54) is 0 Å². The van der Waals surface area contributed by atoms with E-state index in [1.54, 1.807) is 0 Å². The predicted molar refractivity (Wildman–Crippen MR) is 87.4 cm³/mol. The molecule has 0 heterocycles. The number of halogens is 1. The summed E-state index contributed by atoms with van der Waals surface area (Å²) in [6, 6.07) is 17.3. The van der Waals surface area contributed by atoms with E-state index in [0.717, 1.165) is 15.6 Å². The van der Waals surface area contributed by atoms with Crippen LogP contribution in [0.2, 0.25) is 0 Å². The van der Waals surface area contributed by atoms with E-state index in [2.05, 4.69) is 21.2 Å². The third-order valence-corrected chi connectivity index (χ3v) is 4.22. The van der Waals surface area contributed by atoms with Crippen molar-refractivity contribution in [3.8, 4) is 0 Å². The van der Waals surface area contributed by atoms with Gasteiger partial charge in [0.15, 0.2) is 0 Å². The van der Waals surface area contributed by atoms with Crippen LogP contribution in [-0.4, -0.2) is 17.6 Å². The number of nitrogens with one attached hydrogen (secondary N) is 1. The largest absolute Gasteiger partial charge is 0.481 e. The summed E-state index contributed by atoms with van der Waals surface area (Å²) in [4.78, 5) is 11.5. The van der Waals surface area contributed by atoms with Crippen LogP contribution in [0.25, 0.3) is 0 Å². The lowest BCUT2D eigenvalue weighted by Crippen LogP contribution is -2.29. The SMILES string of the molecule is C[C@@H](NCC(C(=O)O)c1ccccc1)c1ccccc1Br. The molecule has 2 aromatic carbocycles. The van der Waals surface area contributed by atoms with Crippen LogP contribution < -0.4 is 5.32 Å². The Morgan fingerprint density at radius 1 is 1.14 bits per heavy atom. The van der Waals surface area contributed by atoms with Gasteiger partial charge in [0.1, 0.15) is 0 Å². The van der Waals surface area contributed by atoms with Crippen molar-refractivity contribution in [2.45, 2.75) is 18.9 Å². The first-order valence-corrected chi connectivity index (χ1v) is 7.64. The summed E-state index contributed by atoms with van der Waals surface area (Å²) in [5.41, 5.74) is 1.94. The van der Waals surface area contributed by atoms with E-state index in [1.807, 2.05) is 61.5 Å². The Hall–Kier alpha value is -1.65. The molecule has 4 heteroatoms. The molecule has 0 bridgehead atoms. The second-order valence-corrected chi connectivity index (χ2v) is 5.81. The van der Waals surface area contributed by atoms with Crippen molar-refractivity contribution in [1.29, 1.82) is 0 Å². The fourth-order valence-corrected chi connectivity index (χ4v) is 2.89. The third kappa shape index (κ3) is 4.16. The average molecular weight is 348 g/mol. The van der Waals surface area contributed by atoms with E-state index < -0.39 is 11.9 Å². The zero-order valence-electron chi connectivity index (χ0n) is 11.8. The Kier molecular flexibility index (Phi) is 5.53. The van der Waals surface area contributed by atoms with Gasteiger partial charge in [0.05, 0.1) is 5.92 Å². The number of hydrogen-bond acceptors (Lipinski definition) is 2. The standard InChI is InChI=1S/C17H18BrNO2/c1-12(14-9-5-6-10-16(14)18)19-11-15(17(20)21)13-7-3-2-4-8-13/h2-10,12,15,19H,11H2,1H3,(H,20,21)/t12-,15?/m1/s1. The lowest BCUT2D eigenvalue weighted by Gasteiger charge is -2.19. The molecule has 1 unspecified atom stereocenters. The van der Waals surface area contributed by atoms with Gasteiger partial charge in [-0.05, 0) is 24.1 Å². The molecule has 0 amide bonds. The summed E-state index contributed by atoms with van der Waals surface area (Å²) >= 11 is 3.52. The topological polar surface area (TPSA) is 49.3 Å². The molecule has 3 nitrogen and oxygen atoms in total. The van der Waals surface area contributed by atoms with Crippen LogP contribution in [0.5, 0.6) is 0 Å². The maximum Gasteiger partial charge on any atom is 0.312 e. The number of rotatable bonds is 6. The Balaban J connectivity index is 2.06. The maximum absolute atomic E-state index is 11.5. The summed E-state index contributed by atoms with van der Waals surface area (Å²) in [7, 11) is 0. The van der Waals surface area contributed by atoms with Crippen LogP contribution in [-0.2, 0) is 4.79 Å². The van der Waals surface area contributed by atoms with Gasteiger partial charge in [-0.3, -0.25) is 4.79 Å². The van der Waals surface area contributed by atoms with E-state index in [9.17, 15) is 9.90 Å². The summed E-state index contributed by atoms with van der Waals surface area (Å²) in [5.74, 6) is -1.36. The molecule has 0 saturated heterocycles. The highest BCUT2D eigenvalue weighted by molar-refractivity contribution is 9.10. The van der Waals surface area contributed by atoms with Gasteiger partial charge in [-0.15, -0.1) is 0 Å². The van der Waals surface area contributed by atoms with Crippen molar-refractivity contribution in [2.75, 3.05) is 6.54 Å². The summed E-state index contributed by atoms with van der Waals surface area (Å²) in [5, 5.41) is 12.7. The van der Waals surface area contributed by atoms with Gasteiger partial charge in [-0.25, -0.2) is 0 Å². The highest BCUT2D eigenvalue weighted by Gasteiger charge is 2.20. The Labute approximate surface area is 133 Å². The van der Waals surface area contributed by atoms with Gasteiger partial charge in [0.2, 0.25) is 0 Å². The van der Waals surface area contributed by atoms with Crippen molar-refractivity contribution in [3.63, 3.8) is 0 Å². The monoisotopic (exact) mass is 347 g/mol. The smallest absolute Gasteiger partial charge is 0.312 e. The molecule has 2 rings (SSSR count). The minimum atomic E-state index is -0.812. The molecule has 2 N–H and O–H groups in total. The minimum Gasteiger partial charge on any atom is -0.481 e. The normalized spacial score (nSPS) is 13.6. The number of benzene rings is 2. The molecule has 0 radical (unpaired) electrons. The molecular formula is C17H18BrNO2. The molecule has 2 atom stereocenters. The van der Waals surface area contributed by atoms with Gasteiger partial charge >= 0.3 is 5.97 Å². The first kappa shape index (κ1) is 15.7. The first-order valence-electron chi connectivity index (χ1n) is 6.85. The number of carboxylic acids is 1. The van der Waals surface area contributed by atoms with E-state index >= 15 is 0 Å². The van der Waals surface area contributed by atoms with E-state index in [4.69, 9.17) is 0 Å². The quantitative estimate of drug-likeness (QED) is 0.831. The molecule has 0 aliphatic rings. The second-order valence-electron chi connectivity index (χ2n) is 4.95. The zero-order valence-corrected chi connectivity index (χ0v) is 13.4. The summed E-state index contributed by atoms with van der Waals surface area (Å²) in [6.07, 6.45) is 0. The van der Waals surface area contributed by atoms with Gasteiger partial charge in [-0.1, -0.05) is 64.5 Å². The van der Waals surface area contributed by atoms with Crippen LogP contribution in [0.3, 0.4) is 0 Å². The van der Waals surface area contributed by atoms with Crippen molar-refractivity contribution in [1.82, 2.24) is 5.32 Å². The highest BCUT2D eigenvalue weighted by atomic mass is 79.9. The molecule has 0 aliphatic heterocycles. The van der Waals surface area contributed by atoms with Crippen molar-refractivity contribution in [3.05, 3.63) is 70.2 Å². The first-order chi connectivity index (χ1) is 10.1. The van der Waals surface area contributed by atoms with Crippen LogP contribution in [0, 0.1) is 0 Å². The third-order valence-electron chi connectivity index (χ3n) is 3.50. The lowest BCUT2D eigenvalue weighted by molar-refractivity contribution is -0.138. The molecule has 110 valence electrons. The molecule has 0 saturated carbocycles. The average Bonchev–Trinajstić information content (AvgIpc) is 2.48. The van der Waals surface area contributed by atoms with Crippen molar-refractivity contribution < 1.29 is 9.90 Å². The highest BCUT2D eigenvalue weighted by Crippen LogP contribution is 2.23. The zero-order chi connectivity index (χ0) is 15.2. The fraction of sp³-hybridized carbons (Fsp3) is 0.235. The minimum absolute atomic E-state index is 0.0751. The van der Waals surface area contributed by atoms with Crippen molar-refractivity contribution in [2.24, 2.45) is 0 Å². The number of aliphatic carboxylic acids is 1. The van der Waals surface area contributed by atoms with E-state index in [-0.39, 0.29) is 6.04 Å². The summed E-state index contributed by atoms with van der Waals surface area (Å²) in [6.45, 7) is 2.42. The second kappa shape index (κ2) is 7.38. The number of hydrogen-bond donors (Lipinski definition) is 2. The maximum atomic E-state index is 11.5. The van der Waals surface area contributed by atoms with Gasteiger partial charge in [-0.2, -0.15) is 0 Å². The molecule has 0 aliphatic carbocycles. The Morgan fingerprint density at radius 3 is 2.38 bits per heavy atom. The van der Waals surface area contributed by atoms with Crippen LogP contribution in [0.1, 0.15) is 30.0 Å². The molecular weight excluding hydrogens is 330 g/mol. The Morgan fingerprint density at radius 2 is 1.76 bits per heavy atom. The van der Waals surface area contributed by atoms with Gasteiger partial charge in [0.25, 0.3) is 0 Å². The fourth-order valence-electron chi connectivity index (χ4n) is 2.26. The molecule has 0 aromatic heterocycles. The van der Waals surface area contributed by atoms with Gasteiger partial charge < -0.3 is 10.4 Å². The molecule has 21 heavy (non-hydrogen) atoms.